The first kappa shape index (κ1) is 25.6. The number of Topliss-reactive ketones (excluding diaryl/α,β-unsaturated/α-hetero) is 1. The summed E-state index contributed by atoms with van der Waals surface area (Å²) in [6.45, 7) is 2.70. The highest BCUT2D eigenvalue weighted by Gasteiger charge is 2.23. The van der Waals surface area contributed by atoms with E-state index in [0.717, 1.165) is 16.1 Å². The number of carbonyl (C=O) groups excluding carboxylic acids is 3. The molecule has 0 aliphatic carbocycles. The maximum Gasteiger partial charge on any atom is 0.253 e. The number of anilines is 2. The molecule has 0 radical (unpaired) electrons. The van der Waals surface area contributed by atoms with Gasteiger partial charge in [-0.15, -0.1) is 0 Å². The van der Waals surface area contributed by atoms with Gasteiger partial charge in [0.25, 0.3) is 5.91 Å². The third kappa shape index (κ3) is 6.77. The molecule has 35 heavy (non-hydrogen) atoms. The molecule has 0 aliphatic heterocycles. The second kappa shape index (κ2) is 11.0. The van der Waals surface area contributed by atoms with Gasteiger partial charge < -0.3 is 10.6 Å². The summed E-state index contributed by atoms with van der Waals surface area (Å²) < 4.78 is 25.8. The van der Waals surface area contributed by atoms with Gasteiger partial charge in [-0.1, -0.05) is 54.6 Å². The van der Waals surface area contributed by atoms with Gasteiger partial charge in [0, 0.05) is 5.56 Å². The van der Waals surface area contributed by atoms with Crippen LogP contribution in [0.3, 0.4) is 0 Å². The van der Waals surface area contributed by atoms with E-state index in [-0.39, 0.29) is 34.7 Å². The highest BCUT2D eigenvalue weighted by Crippen LogP contribution is 2.21. The zero-order valence-corrected chi connectivity index (χ0v) is 20.5. The van der Waals surface area contributed by atoms with Crippen LogP contribution in [0.5, 0.6) is 0 Å². The number of rotatable bonds is 9. The molecule has 0 fully saturated rings. The quantitative estimate of drug-likeness (QED) is 0.441. The second-order valence-corrected chi connectivity index (χ2v) is 9.98. The van der Waals surface area contributed by atoms with Crippen LogP contribution in [0, 0.1) is 0 Å². The van der Waals surface area contributed by atoms with E-state index in [4.69, 9.17) is 0 Å². The minimum absolute atomic E-state index is 0.193. The van der Waals surface area contributed by atoms with Crippen molar-refractivity contribution in [2.75, 3.05) is 22.4 Å². The average Bonchev–Trinajstić information content (AvgIpc) is 2.82. The molecular weight excluding hydrogens is 466 g/mol. The molecule has 0 aromatic heterocycles. The second-order valence-electron chi connectivity index (χ2n) is 8.08. The van der Waals surface area contributed by atoms with Crippen LogP contribution in [0.1, 0.15) is 46.2 Å². The molecule has 182 valence electrons. The van der Waals surface area contributed by atoms with Crippen molar-refractivity contribution in [2.24, 2.45) is 0 Å². The van der Waals surface area contributed by atoms with Crippen molar-refractivity contribution < 1.29 is 22.8 Å². The Bertz CT molecular complexity index is 1340. The van der Waals surface area contributed by atoms with Crippen LogP contribution in [0.15, 0.2) is 78.9 Å². The first-order chi connectivity index (χ1) is 16.6. The summed E-state index contributed by atoms with van der Waals surface area (Å²) in [6.07, 6.45) is 0.979. The Morgan fingerprint density at radius 2 is 1.57 bits per heavy atom. The van der Waals surface area contributed by atoms with E-state index in [9.17, 15) is 22.8 Å². The van der Waals surface area contributed by atoms with Gasteiger partial charge in [-0.05, 0) is 43.7 Å². The third-order valence-electron chi connectivity index (χ3n) is 5.32. The van der Waals surface area contributed by atoms with Crippen LogP contribution >= 0.6 is 0 Å². The Kier molecular flexibility index (Phi) is 8.03. The zero-order valence-electron chi connectivity index (χ0n) is 19.7. The molecule has 0 saturated carbocycles. The number of para-hydroxylation sites is 1. The fourth-order valence-corrected chi connectivity index (χ4v) is 4.34. The number of amides is 2. The Morgan fingerprint density at radius 3 is 2.23 bits per heavy atom. The van der Waals surface area contributed by atoms with E-state index in [1.807, 2.05) is 37.3 Å². The Hall–Kier alpha value is -3.98. The van der Waals surface area contributed by atoms with E-state index in [0.29, 0.717) is 5.56 Å². The first-order valence-electron chi connectivity index (χ1n) is 10.9. The molecule has 2 amide bonds. The number of ketones is 1. The fourth-order valence-electron chi connectivity index (χ4n) is 3.49. The predicted octanol–water partition coefficient (Wildman–Crippen LogP) is 3.78. The molecular formula is C26H27N3O5S. The Morgan fingerprint density at radius 1 is 0.914 bits per heavy atom. The number of nitrogens with zero attached hydrogens (tertiary/aromatic N) is 1. The topological polar surface area (TPSA) is 113 Å². The molecule has 0 bridgehead atoms. The smallest absolute Gasteiger partial charge is 0.253 e. The summed E-state index contributed by atoms with van der Waals surface area (Å²) in [5.74, 6) is -1.25. The van der Waals surface area contributed by atoms with Crippen molar-refractivity contribution in [3.05, 3.63) is 95.6 Å². The monoisotopic (exact) mass is 493 g/mol. The van der Waals surface area contributed by atoms with Crippen molar-refractivity contribution in [3.63, 3.8) is 0 Å². The standard InChI is InChI=1S/C26H27N3O5S/c1-18(20-10-5-4-6-11-20)27-26(32)23-14-7-8-15-24(23)28-25(31)17-29(35(3,33)34)22-13-9-12-21(16-22)19(2)30/h4-16,18H,17H2,1-3H3,(H,27,32)(H,28,31). The van der Waals surface area contributed by atoms with Crippen molar-refractivity contribution >= 4 is 39.0 Å². The van der Waals surface area contributed by atoms with Crippen molar-refractivity contribution in [1.29, 1.82) is 0 Å². The molecule has 0 spiro atoms. The van der Waals surface area contributed by atoms with Gasteiger partial charge in [0.15, 0.2) is 5.78 Å². The third-order valence-corrected chi connectivity index (χ3v) is 6.46. The summed E-state index contributed by atoms with van der Waals surface area (Å²) >= 11 is 0. The molecule has 3 aromatic carbocycles. The number of hydrogen-bond acceptors (Lipinski definition) is 5. The van der Waals surface area contributed by atoms with E-state index in [1.165, 1.54) is 19.1 Å². The van der Waals surface area contributed by atoms with Gasteiger partial charge in [0.1, 0.15) is 6.54 Å². The molecule has 2 N–H and O–H groups in total. The summed E-state index contributed by atoms with van der Waals surface area (Å²) in [6, 6.07) is 21.7. The molecule has 1 unspecified atom stereocenters. The lowest BCUT2D eigenvalue weighted by atomic mass is 10.1. The summed E-state index contributed by atoms with van der Waals surface area (Å²) in [4.78, 5) is 37.5. The highest BCUT2D eigenvalue weighted by atomic mass is 32.2. The molecule has 1 atom stereocenters. The first-order valence-corrected chi connectivity index (χ1v) is 12.7. The molecule has 8 nitrogen and oxygen atoms in total. The lowest BCUT2D eigenvalue weighted by molar-refractivity contribution is -0.114. The van der Waals surface area contributed by atoms with E-state index in [1.54, 1.807) is 36.4 Å². The lowest BCUT2D eigenvalue weighted by Gasteiger charge is -2.23. The predicted molar refractivity (Wildman–Crippen MR) is 136 cm³/mol. The van der Waals surface area contributed by atoms with Gasteiger partial charge in [-0.25, -0.2) is 8.42 Å². The van der Waals surface area contributed by atoms with Crippen molar-refractivity contribution in [1.82, 2.24) is 5.32 Å². The number of nitrogens with one attached hydrogen (secondary N) is 2. The van der Waals surface area contributed by atoms with Crippen LogP contribution in [-0.2, 0) is 14.8 Å². The fraction of sp³-hybridized carbons (Fsp3) is 0.192. The largest absolute Gasteiger partial charge is 0.345 e. The lowest BCUT2D eigenvalue weighted by Crippen LogP contribution is -2.38. The maximum absolute atomic E-state index is 12.9. The van der Waals surface area contributed by atoms with Gasteiger partial charge in [0.2, 0.25) is 15.9 Å². The summed E-state index contributed by atoms with van der Waals surface area (Å²) in [5.41, 5.74) is 1.94. The van der Waals surface area contributed by atoms with Crippen LogP contribution in [0.2, 0.25) is 0 Å². The van der Waals surface area contributed by atoms with E-state index in [2.05, 4.69) is 10.6 Å². The minimum atomic E-state index is -3.84. The molecule has 3 rings (SSSR count). The Labute approximate surface area is 205 Å². The van der Waals surface area contributed by atoms with Crippen LogP contribution in [0.25, 0.3) is 0 Å². The van der Waals surface area contributed by atoms with Crippen molar-refractivity contribution in [2.45, 2.75) is 19.9 Å². The SMILES string of the molecule is CC(=O)c1cccc(N(CC(=O)Nc2ccccc2C(=O)NC(C)c2ccccc2)S(C)(=O)=O)c1. The normalized spacial score (nSPS) is 11.9. The summed E-state index contributed by atoms with van der Waals surface area (Å²) in [5, 5.41) is 5.55. The average molecular weight is 494 g/mol. The molecule has 3 aromatic rings. The van der Waals surface area contributed by atoms with Gasteiger partial charge in [-0.2, -0.15) is 0 Å². The highest BCUT2D eigenvalue weighted by molar-refractivity contribution is 7.92. The zero-order chi connectivity index (χ0) is 25.6. The number of carbonyl (C=O) groups is 3. The van der Waals surface area contributed by atoms with Gasteiger partial charge >= 0.3 is 0 Å². The maximum atomic E-state index is 12.9. The number of benzene rings is 3. The molecule has 9 heteroatoms. The van der Waals surface area contributed by atoms with Gasteiger partial charge in [0.05, 0.1) is 29.2 Å². The van der Waals surface area contributed by atoms with Crippen LogP contribution in [0.4, 0.5) is 11.4 Å². The molecule has 0 aliphatic rings. The minimum Gasteiger partial charge on any atom is -0.345 e. The van der Waals surface area contributed by atoms with Crippen LogP contribution in [-0.4, -0.2) is 38.8 Å². The van der Waals surface area contributed by atoms with Crippen molar-refractivity contribution in [3.8, 4) is 0 Å². The van der Waals surface area contributed by atoms with E-state index < -0.39 is 22.5 Å². The van der Waals surface area contributed by atoms with E-state index >= 15 is 0 Å². The summed E-state index contributed by atoms with van der Waals surface area (Å²) in [7, 11) is -3.84. The number of sulfonamides is 1. The van der Waals surface area contributed by atoms with Gasteiger partial charge in [-0.3, -0.25) is 18.7 Å². The molecule has 0 saturated heterocycles. The molecule has 0 heterocycles. The Balaban J connectivity index is 1.79. The number of hydrogen-bond donors (Lipinski definition) is 2. The van der Waals surface area contributed by atoms with Crippen LogP contribution < -0.4 is 14.9 Å².